The van der Waals surface area contributed by atoms with E-state index in [1.165, 1.54) is 34.4 Å². The third-order valence-electron chi connectivity index (χ3n) is 3.28. The van der Waals surface area contributed by atoms with Gasteiger partial charge in [-0.2, -0.15) is 0 Å². The van der Waals surface area contributed by atoms with Gasteiger partial charge < -0.3 is 0 Å². The minimum absolute atomic E-state index is 0.725. The summed E-state index contributed by atoms with van der Waals surface area (Å²) >= 11 is 0. The topological polar surface area (TPSA) is 0 Å². The third kappa shape index (κ3) is 4.33. The van der Waals surface area contributed by atoms with Crippen LogP contribution in [0.15, 0.2) is 24.3 Å². The summed E-state index contributed by atoms with van der Waals surface area (Å²) in [6, 6.07) is 8.87. The van der Waals surface area contributed by atoms with Gasteiger partial charge >= 0.3 is 0 Å². The first-order valence-electron chi connectivity index (χ1n) is 7.16. The van der Waals surface area contributed by atoms with E-state index in [1.807, 2.05) is 0 Å². The Bertz CT molecular complexity index is 442. The van der Waals surface area contributed by atoms with Crippen LogP contribution in [0.2, 0.25) is 0 Å². The molecule has 0 N–H and O–H groups in total. The molecular formula is C18H28. The first-order chi connectivity index (χ1) is 8.41. The van der Waals surface area contributed by atoms with Gasteiger partial charge in [-0.05, 0) is 49.0 Å². The molecule has 0 fully saturated rings. The lowest BCUT2D eigenvalue weighted by Crippen LogP contribution is -2.28. The van der Waals surface area contributed by atoms with Crippen molar-refractivity contribution in [2.24, 2.45) is 11.8 Å². The molecule has 0 amide bonds. The maximum atomic E-state index is 2.29. The van der Waals surface area contributed by atoms with Crippen molar-refractivity contribution < 1.29 is 0 Å². The lowest BCUT2D eigenvalue weighted by molar-refractivity contribution is 0.666. The van der Waals surface area contributed by atoms with E-state index in [2.05, 4.69) is 65.8 Å². The molecule has 0 aliphatic carbocycles. The van der Waals surface area contributed by atoms with Crippen LogP contribution < -0.4 is 10.4 Å². The van der Waals surface area contributed by atoms with Crippen LogP contribution in [-0.2, 0) is 0 Å². The molecule has 0 aliphatic heterocycles. The summed E-state index contributed by atoms with van der Waals surface area (Å²) in [5.74, 6) is 1.45. The van der Waals surface area contributed by atoms with Crippen molar-refractivity contribution in [2.45, 2.75) is 54.4 Å². The molecule has 0 atom stereocenters. The predicted molar refractivity (Wildman–Crippen MR) is 82.8 cm³/mol. The number of benzene rings is 1. The lowest BCUT2D eigenvalue weighted by atomic mass is 9.97. The highest BCUT2D eigenvalue weighted by Gasteiger charge is 2.01. The molecule has 1 aromatic rings. The van der Waals surface area contributed by atoms with Crippen molar-refractivity contribution >= 4 is 11.1 Å². The van der Waals surface area contributed by atoms with Crippen LogP contribution in [0.4, 0.5) is 0 Å². The largest absolute Gasteiger partial charge is 0.0652 e. The molecule has 0 saturated heterocycles. The van der Waals surface area contributed by atoms with E-state index in [0.29, 0.717) is 0 Å². The molecule has 0 saturated carbocycles. The van der Waals surface area contributed by atoms with Crippen LogP contribution in [0.3, 0.4) is 0 Å². The summed E-state index contributed by atoms with van der Waals surface area (Å²) in [4.78, 5) is 0. The second-order valence-corrected chi connectivity index (χ2v) is 6.30. The first kappa shape index (κ1) is 15.0. The Balaban J connectivity index is 3.39. The summed E-state index contributed by atoms with van der Waals surface area (Å²) in [5, 5.41) is 2.90. The van der Waals surface area contributed by atoms with Crippen molar-refractivity contribution in [1.82, 2.24) is 0 Å². The van der Waals surface area contributed by atoms with Gasteiger partial charge in [-0.3, -0.25) is 0 Å². The molecule has 0 nitrogen and oxygen atoms in total. The Morgan fingerprint density at radius 1 is 0.778 bits per heavy atom. The minimum atomic E-state index is 0.725. The number of hydrogen-bond donors (Lipinski definition) is 0. The molecule has 18 heavy (non-hydrogen) atoms. The monoisotopic (exact) mass is 244 g/mol. The average molecular weight is 244 g/mol. The van der Waals surface area contributed by atoms with Gasteiger partial charge in [-0.15, -0.1) is 0 Å². The molecule has 100 valence electrons. The molecule has 0 spiro atoms. The summed E-state index contributed by atoms with van der Waals surface area (Å²) in [6.45, 7) is 13.7. The average Bonchev–Trinajstić information content (AvgIpc) is 2.27. The quantitative estimate of drug-likeness (QED) is 0.747. The Labute approximate surface area is 112 Å². The van der Waals surface area contributed by atoms with Crippen molar-refractivity contribution in [1.29, 1.82) is 0 Å². The van der Waals surface area contributed by atoms with Gasteiger partial charge in [0.1, 0.15) is 0 Å². The smallest absolute Gasteiger partial charge is 0.0195 e. The fourth-order valence-electron chi connectivity index (χ4n) is 2.67. The maximum absolute atomic E-state index is 2.29. The predicted octanol–water partition coefficient (Wildman–Crippen LogP) is 4.12. The Morgan fingerprint density at radius 3 is 1.39 bits per heavy atom. The van der Waals surface area contributed by atoms with Crippen LogP contribution in [0.25, 0.3) is 11.1 Å². The highest BCUT2D eigenvalue weighted by Crippen LogP contribution is 2.10. The van der Waals surface area contributed by atoms with Crippen LogP contribution in [0.5, 0.6) is 0 Å². The first-order valence-corrected chi connectivity index (χ1v) is 7.16. The van der Waals surface area contributed by atoms with Crippen molar-refractivity contribution in [3.63, 3.8) is 0 Å². The fourth-order valence-corrected chi connectivity index (χ4v) is 2.67. The molecule has 0 unspecified atom stereocenters. The SMILES string of the molecule is CC(CC(C)C)=c1ccccc1=C(C)CC(C)C. The Kier molecular flexibility index (Phi) is 5.65. The van der Waals surface area contributed by atoms with Crippen molar-refractivity contribution in [3.8, 4) is 0 Å². The highest BCUT2D eigenvalue weighted by atomic mass is 14.1. The van der Waals surface area contributed by atoms with Gasteiger partial charge in [0.15, 0.2) is 0 Å². The second kappa shape index (κ2) is 6.78. The van der Waals surface area contributed by atoms with E-state index >= 15 is 0 Å². The fraction of sp³-hybridized carbons (Fsp3) is 0.556. The number of hydrogen-bond acceptors (Lipinski definition) is 0. The Hall–Kier alpha value is -1.04. The minimum Gasteiger partial charge on any atom is -0.0652 e. The van der Waals surface area contributed by atoms with Crippen LogP contribution in [0, 0.1) is 11.8 Å². The van der Waals surface area contributed by atoms with Crippen LogP contribution in [-0.4, -0.2) is 0 Å². The summed E-state index contributed by atoms with van der Waals surface area (Å²) in [7, 11) is 0. The molecule has 1 aromatic carbocycles. The molecule has 0 aromatic heterocycles. The summed E-state index contributed by atoms with van der Waals surface area (Å²) in [6.07, 6.45) is 2.37. The van der Waals surface area contributed by atoms with E-state index < -0.39 is 0 Å². The zero-order chi connectivity index (χ0) is 13.7. The van der Waals surface area contributed by atoms with Gasteiger partial charge in [0.05, 0.1) is 0 Å². The van der Waals surface area contributed by atoms with Gasteiger partial charge in [-0.1, -0.05) is 63.1 Å². The van der Waals surface area contributed by atoms with Crippen LogP contribution in [0.1, 0.15) is 54.4 Å². The Morgan fingerprint density at radius 2 is 1.11 bits per heavy atom. The van der Waals surface area contributed by atoms with E-state index in [4.69, 9.17) is 0 Å². The van der Waals surface area contributed by atoms with Gasteiger partial charge in [0.25, 0.3) is 0 Å². The molecule has 0 heteroatoms. The van der Waals surface area contributed by atoms with Gasteiger partial charge in [0.2, 0.25) is 0 Å². The second-order valence-electron chi connectivity index (χ2n) is 6.30. The van der Waals surface area contributed by atoms with E-state index in [1.54, 1.807) is 0 Å². The highest BCUT2D eigenvalue weighted by molar-refractivity contribution is 5.49. The molecule has 1 rings (SSSR count). The van der Waals surface area contributed by atoms with Gasteiger partial charge in [-0.25, -0.2) is 0 Å². The van der Waals surface area contributed by atoms with E-state index in [9.17, 15) is 0 Å². The number of rotatable bonds is 4. The maximum Gasteiger partial charge on any atom is -0.0195 e. The normalized spacial score (nSPS) is 15.1. The van der Waals surface area contributed by atoms with Gasteiger partial charge in [0, 0.05) is 0 Å². The molecule has 0 radical (unpaired) electrons. The standard InChI is InChI=1S/C18H28/c1-13(2)11-15(5)17-9-7-8-10-18(17)16(6)12-14(3)4/h7-10,13-14H,11-12H2,1-6H3. The van der Waals surface area contributed by atoms with E-state index in [0.717, 1.165) is 11.8 Å². The summed E-state index contributed by atoms with van der Waals surface area (Å²) in [5.41, 5.74) is 3.03. The molecule has 0 heterocycles. The third-order valence-corrected chi connectivity index (χ3v) is 3.28. The van der Waals surface area contributed by atoms with Crippen LogP contribution >= 0.6 is 0 Å². The van der Waals surface area contributed by atoms with Crippen molar-refractivity contribution in [2.75, 3.05) is 0 Å². The molecular weight excluding hydrogens is 216 g/mol. The molecule has 0 bridgehead atoms. The molecule has 0 aliphatic rings. The zero-order valence-corrected chi connectivity index (χ0v) is 12.9. The van der Waals surface area contributed by atoms with E-state index in [-0.39, 0.29) is 0 Å². The lowest BCUT2D eigenvalue weighted by Gasteiger charge is -2.08. The zero-order valence-electron chi connectivity index (χ0n) is 12.9. The summed E-state index contributed by atoms with van der Waals surface area (Å²) < 4.78 is 0. The van der Waals surface area contributed by atoms with Crippen molar-refractivity contribution in [3.05, 3.63) is 34.7 Å².